The summed E-state index contributed by atoms with van der Waals surface area (Å²) in [7, 11) is 0. The van der Waals surface area contributed by atoms with Crippen LogP contribution in [0.4, 0.5) is 5.13 Å². The smallest absolute Gasteiger partial charge is 0.233 e. The van der Waals surface area contributed by atoms with Crippen LogP contribution in [0.25, 0.3) is 0 Å². The number of nitrogens with zero attached hydrogens (tertiary/aromatic N) is 1. The summed E-state index contributed by atoms with van der Waals surface area (Å²) in [5.41, 5.74) is 2.12. The van der Waals surface area contributed by atoms with Gasteiger partial charge in [-0.1, -0.05) is 44.2 Å². The molecular formula is C16H20N2OS. The first-order valence-electron chi connectivity index (χ1n) is 6.97. The molecule has 2 aromatic rings. The Labute approximate surface area is 124 Å². The molecule has 0 fully saturated rings. The van der Waals surface area contributed by atoms with Crippen molar-refractivity contribution in [1.29, 1.82) is 0 Å². The summed E-state index contributed by atoms with van der Waals surface area (Å²) < 4.78 is 0. The third kappa shape index (κ3) is 3.25. The molecule has 1 N–H and O–H groups in total. The molecule has 0 saturated heterocycles. The molecule has 1 atom stereocenters. The molecule has 3 nitrogen and oxygen atoms in total. The first-order valence-corrected chi connectivity index (χ1v) is 7.79. The van der Waals surface area contributed by atoms with Crippen LogP contribution in [0.2, 0.25) is 0 Å². The number of aryl methyl sites for hydroxylation is 2. The fourth-order valence-corrected chi connectivity index (χ4v) is 3.17. The predicted octanol–water partition coefficient (Wildman–Crippen LogP) is 4.15. The molecule has 1 aromatic carbocycles. The van der Waals surface area contributed by atoms with Crippen molar-refractivity contribution in [3.8, 4) is 0 Å². The van der Waals surface area contributed by atoms with E-state index in [1.165, 1.54) is 4.88 Å². The molecule has 1 amide bonds. The highest BCUT2D eigenvalue weighted by Crippen LogP contribution is 2.25. The minimum absolute atomic E-state index is 0.0232. The Hall–Kier alpha value is -1.68. The normalized spacial score (nSPS) is 12.2. The number of anilines is 1. The average molecular weight is 288 g/mol. The van der Waals surface area contributed by atoms with Gasteiger partial charge in [0.15, 0.2) is 5.13 Å². The fourth-order valence-electron chi connectivity index (χ4n) is 2.26. The second-order valence-corrected chi connectivity index (χ2v) is 5.94. The highest BCUT2D eigenvalue weighted by atomic mass is 32.1. The Morgan fingerprint density at radius 1 is 1.30 bits per heavy atom. The van der Waals surface area contributed by atoms with Gasteiger partial charge in [-0.2, -0.15) is 0 Å². The van der Waals surface area contributed by atoms with Gasteiger partial charge < -0.3 is 5.32 Å². The molecule has 1 aromatic heterocycles. The Morgan fingerprint density at radius 2 is 2.00 bits per heavy atom. The van der Waals surface area contributed by atoms with E-state index in [2.05, 4.69) is 17.2 Å². The van der Waals surface area contributed by atoms with Crippen LogP contribution in [0.5, 0.6) is 0 Å². The first-order chi connectivity index (χ1) is 9.65. The molecule has 1 heterocycles. The van der Waals surface area contributed by atoms with Gasteiger partial charge >= 0.3 is 0 Å². The van der Waals surface area contributed by atoms with Crippen molar-refractivity contribution in [2.24, 2.45) is 0 Å². The van der Waals surface area contributed by atoms with Crippen molar-refractivity contribution < 1.29 is 4.79 Å². The second kappa shape index (κ2) is 6.66. The highest BCUT2D eigenvalue weighted by molar-refractivity contribution is 7.15. The lowest BCUT2D eigenvalue weighted by atomic mass is 9.96. The molecule has 0 unspecified atom stereocenters. The van der Waals surface area contributed by atoms with Crippen molar-refractivity contribution in [3.63, 3.8) is 0 Å². The molecular weight excluding hydrogens is 268 g/mol. The zero-order valence-corrected chi connectivity index (χ0v) is 13.0. The molecule has 0 saturated carbocycles. The van der Waals surface area contributed by atoms with E-state index in [-0.39, 0.29) is 11.8 Å². The number of carbonyl (C=O) groups excluding carboxylic acids is 1. The monoisotopic (exact) mass is 288 g/mol. The van der Waals surface area contributed by atoms with Gasteiger partial charge in [0.05, 0.1) is 11.6 Å². The lowest BCUT2D eigenvalue weighted by Crippen LogP contribution is -2.20. The van der Waals surface area contributed by atoms with E-state index >= 15 is 0 Å². The van der Waals surface area contributed by atoms with Crippen LogP contribution in [-0.2, 0) is 11.2 Å². The van der Waals surface area contributed by atoms with E-state index in [1.54, 1.807) is 11.3 Å². The predicted molar refractivity (Wildman–Crippen MR) is 84.3 cm³/mol. The maximum Gasteiger partial charge on any atom is 0.233 e. The van der Waals surface area contributed by atoms with E-state index in [0.717, 1.165) is 24.1 Å². The van der Waals surface area contributed by atoms with E-state index < -0.39 is 0 Å². The van der Waals surface area contributed by atoms with Crippen LogP contribution in [-0.4, -0.2) is 10.9 Å². The summed E-state index contributed by atoms with van der Waals surface area (Å²) in [6.45, 7) is 6.15. The van der Waals surface area contributed by atoms with E-state index in [1.807, 2.05) is 44.2 Å². The van der Waals surface area contributed by atoms with Gasteiger partial charge in [-0.3, -0.25) is 4.79 Å². The number of carbonyl (C=O) groups is 1. The van der Waals surface area contributed by atoms with E-state index in [9.17, 15) is 4.79 Å². The van der Waals surface area contributed by atoms with Crippen LogP contribution in [0.3, 0.4) is 0 Å². The molecule has 0 aliphatic heterocycles. The number of benzene rings is 1. The fraction of sp³-hybridized carbons (Fsp3) is 0.375. The number of thiazole rings is 1. The summed E-state index contributed by atoms with van der Waals surface area (Å²) in [5.74, 6) is -0.0967. The maximum absolute atomic E-state index is 12.4. The summed E-state index contributed by atoms with van der Waals surface area (Å²) in [5, 5.41) is 3.66. The topological polar surface area (TPSA) is 42.0 Å². The largest absolute Gasteiger partial charge is 0.301 e. The van der Waals surface area contributed by atoms with Gasteiger partial charge in [0, 0.05) is 4.88 Å². The van der Waals surface area contributed by atoms with Crippen molar-refractivity contribution in [3.05, 3.63) is 46.5 Å². The number of amides is 1. The van der Waals surface area contributed by atoms with Gasteiger partial charge in [-0.05, 0) is 25.3 Å². The highest BCUT2D eigenvalue weighted by Gasteiger charge is 2.19. The van der Waals surface area contributed by atoms with Crippen LogP contribution in [0, 0.1) is 6.92 Å². The third-order valence-electron chi connectivity index (χ3n) is 3.38. The average Bonchev–Trinajstić information content (AvgIpc) is 2.80. The molecule has 20 heavy (non-hydrogen) atoms. The number of nitrogens with one attached hydrogen (secondary N) is 1. The van der Waals surface area contributed by atoms with Gasteiger partial charge in [0.2, 0.25) is 5.91 Å². The lowest BCUT2D eigenvalue weighted by molar-refractivity contribution is -0.117. The van der Waals surface area contributed by atoms with Gasteiger partial charge in [0.1, 0.15) is 0 Å². The van der Waals surface area contributed by atoms with Crippen LogP contribution in [0.1, 0.15) is 42.3 Å². The summed E-state index contributed by atoms with van der Waals surface area (Å²) in [6.07, 6.45) is 1.68. The zero-order chi connectivity index (χ0) is 14.5. The van der Waals surface area contributed by atoms with Gasteiger partial charge in [0.25, 0.3) is 0 Å². The quantitative estimate of drug-likeness (QED) is 0.898. The third-order valence-corrected chi connectivity index (χ3v) is 4.31. The van der Waals surface area contributed by atoms with Crippen molar-refractivity contribution in [2.75, 3.05) is 5.32 Å². The molecule has 2 rings (SSSR count). The Bertz CT molecular complexity index is 577. The number of aromatic nitrogens is 1. The van der Waals surface area contributed by atoms with Gasteiger partial charge in [-0.15, -0.1) is 11.3 Å². The molecule has 0 spiro atoms. The Kier molecular flexibility index (Phi) is 4.90. The van der Waals surface area contributed by atoms with Crippen LogP contribution >= 0.6 is 11.3 Å². The molecule has 4 heteroatoms. The summed E-state index contributed by atoms with van der Waals surface area (Å²) in [4.78, 5) is 18.1. The second-order valence-electron chi connectivity index (χ2n) is 4.74. The maximum atomic E-state index is 12.4. The summed E-state index contributed by atoms with van der Waals surface area (Å²) in [6, 6.07) is 9.89. The van der Waals surface area contributed by atoms with Crippen LogP contribution < -0.4 is 5.32 Å². The van der Waals surface area contributed by atoms with Gasteiger partial charge in [-0.25, -0.2) is 4.98 Å². The van der Waals surface area contributed by atoms with Crippen LogP contribution in [0.15, 0.2) is 30.3 Å². The van der Waals surface area contributed by atoms with Crippen molar-refractivity contribution >= 4 is 22.4 Å². The standard InChI is InChI=1S/C16H20N2OS/c1-4-13(12-9-7-6-8-10-12)15(19)18-16-17-14(5-2)11(3)20-16/h6-10,13H,4-5H2,1-3H3,(H,17,18,19)/t13-/m1/s1. The zero-order valence-electron chi connectivity index (χ0n) is 12.1. The van der Waals surface area contributed by atoms with E-state index in [0.29, 0.717) is 5.13 Å². The Balaban J connectivity index is 2.13. The lowest BCUT2D eigenvalue weighted by Gasteiger charge is -2.14. The van der Waals surface area contributed by atoms with Crippen molar-refractivity contribution in [2.45, 2.75) is 39.5 Å². The molecule has 0 aliphatic rings. The number of rotatable bonds is 5. The number of hydrogen-bond acceptors (Lipinski definition) is 3. The first kappa shape index (κ1) is 14.7. The Morgan fingerprint density at radius 3 is 2.55 bits per heavy atom. The van der Waals surface area contributed by atoms with E-state index in [4.69, 9.17) is 0 Å². The summed E-state index contributed by atoms with van der Waals surface area (Å²) >= 11 is 1.55. The van der Waals surface area contributed by atoms with Crippen molar-refractivity contribution in [1.82, 2.24) is 4.98 Å². The molecule has 0 bridgehead atoms. The molecule has 0 aliphatic carbocycles. The minimum Gasteiger partial charge on any atom is -0.301 e. The number of hydrogen-bond donors (Lipinski definition) is 1. The molecule has 0 radical (unpaired) electrons. The SMILES string of the molecule is CCc1nc(NC(=O)[C@H](CC)c2ccccc2)sc1C. The molecule has 106 valence electrons. The minimum atomic E-state index is -0.120.